The Kier molecular flexibility index (Phi) is 6.13. The number of hydrogen-bond acceptors (Lipinski definition) is 5. The third-order valence-corrected chi connectivity index (χ3v) is 7.45. The smallest absolute Gasteiger partial charge is 0.417 e. The maximum Gasteiger partial charge on any atom is 0.417 e. The van der Waals surface area contributed by atoms with Crippen molar-refractivity contribution in [2.24, 2.45) is 0 Å². The molecule has 1 aromatic carbocycles. The lowest BCUT2D eigenvalue weighted by Crippen LogP contribution is -2.56. The molecule has 0 bridgehead atoms. The molecule has 2 fully saturated rings. The molecule has 2 aromatic rings. The van der Waals surface area contributed by atoms with Crippen LogP contribution >= 0.6 is 0 Å². The molecule has 2 aliphatic rings. The minimum Gasteiger partial charge on any atom is -0.471 e. The maximum atomic E-state index is 12.7. The number of ether oxygens (including phenoxy) is 1. The molecule has 11 heteroatoms. The van der Waals surface area contributed by atoms with Gasteiger partial charge in [-0.1, -0.05) is 6.42 Å². The number of benzene rings is 1. The molecular weight excluding hydrogens is 447 g/mol. The molecule has 1 aromatic heterocycles. The lowest BCUT2D eigenvalue weighted by atomic mass is 10.1. The Hall–Kier alpha value is -2.66. The highest BCUT2D eigenvalue weighted by Gasteiger charge is 2.34. The Morgan fingerprint density at radius 3 is 2.22 bits per heavy atom. The van der Waals surface area contributed by atoms with Crippen LogP contribution < -0.4 is 4.74 Å². The van der Waals surface area contributed by atoms with Crippen LogP contribution in [-0.2, 0) is 16.2 Å². The number of alkyl halides is 3. The van der Waals surface area contributed by atoms with E-state index >= 15 is 0 Å². The second-order valence-corrected chi connectivity index (χ2v) is 9.76. The lowest BCUT2D eigenvalue weighted by Gasteiger charge is -2.38. The minimum absolute atomic E-state index is 0.0578. The maximum absolute atomic E-state index is 12.7. The second kappa shape index (κ2) is 8.70. The van der Waals surface area contributed by atoms with Crippen LogP contribution in [0, 0.1) is 0 Å². The molecule has 0 spiro atoms. The number of carbonyl (C=O) groups is 1. The van der Waals surface area contributed by atoms with Crippen LogP contribution in [0.3, 0.4) is 0 Å². The van der Waals surface area contributed by atoms with Crippen molar-refractivity contribution in [3.8, 4) is 5.88 Å². The number of rotatable bonds is 5. The van der Waals surface area contributed by atoms with Crippen LogP contribution in [0.2, 0.25) is 0 Å². The predicted octanol–water partition coefficient (Wildman–Crippen LogP) is 3.18. The molecule has 32 heavy (non-hydrogen) atoms. The van der Waals surface area contributed by atoms with E-state index in [-0.39, 0.29) is 35.9 Å². The summed E-state index contributed by atoms with van der Waals surface area (Å²) in [6.45, 7) is 1.53. The SMILES string of the molecule is O=C(c1ccc(S(=O)(=O)N2CCCCC2)cc1)N1CC(Oc2ccc(C(F)(F)F)cn2)C1. The number of hydrogen-bond donors (Lipinski definition) is 0. The van der Waals surface area contributed by atoms with Gasteiger partial charge in [0.05, 0.1) is 23.5 Å². The van der Waals surface area contributed by atoms with Gasteiger partial charge in [-0.3, -0.25) is 4.79 Å². The van der Waals surface area contributed by atoms with Crippen molar-refractivity contribution in [1.82, 2.24) is 14.2 Å². The summed E-state index contributed by atoms with van der Waals surface area (Å²) in [5.74, 6) is -0.213. The Balaban J connectivity index is 1.32. The molecule has 2 aliphatic heterocycles. The number of aromatic nitrogens is 1. The fraction of sp³-hybridized carbons (Fsp3) is 0.429. The molecule has 0 unspecified atom stereocenters. The molecule has 7 nitrogen and oxygen atoms in total. The van der Waals surface area contributed by atoms with Crippen molar-refractivity contribution in [2.75, 3.05) is 26.2 Å². The zero-order valence-corrected chi connectivity index (χ0v) is 17.9. The molecule has 0 aliphatic carbocycles. The van der Waals surface area contributed by atoms with Gasteiger partial charge in [-0.05, 0) is 43.2 Å². The number of likely N-dealkylation sites (tertiary alicyclic amines) is 1. The number of amides is 1. The molecule has 4 rings (SSSR count). The summed E-state index contributed by atoms with van der Waals surface area (Å²) in [6, 6.07) is 7.90. The van der Waals surface area contributed by atoms with Gasteiger partial charge < -0.3 is 9.64 Å². The fourth-order valence-corrected chi connectivity index (χ4v) is 5.19. The molecule has 0 N–H and O–H groups in total. The summed E-state index contributed by atoms with van der Waals surface area (Å²) in [4.78, 5) is 18.0. The van der Waals surface area contributed by atoms with Gasteiger partial charge in [0.2, 0.25) is 15.9 Å². The van der Waals surface area contributed by atoms with Gasteiger partial charge in [0, 0.05) is 30.9 Å². The average molecular weight is 469 g/mol. The van der Waals surface area contributed by atoms with E-state index < -0.39 is 21.8 Å². The van der Waals surface area contributed by atoms with E-state index in [1.54, 1.807) is 0 Å². The monoisotopic (exact) mass is 469 g/mol. The Labute approximate surface area is 183 Å². The van der Waals surface area contributed by atoms with Gasteiger partial charge in [-0.2, -0.15) is 17.5 Å². The van der Waals surface area contributed by atoms with Gasteiger partial charge in [0.15, 0.2) is 0 Å². The largest absolute Gasteiger partial charge is 0.471 e. The molecule has 0 radical (unpaired) electrons. The van der Waals surface area contributed by atoms with Crippen LogP contribution in [0.5, 0.6) is 5.88 Å². The third-order valence-electron chi connectivity index (χ3n) is 5.54. The van der Waals surface area contributed by atoms with Crippen molar-refractivity contribution in [3.63, 3.8) is 0 Å². The zero-order chi connectivity index (χ0) is 22.9. The molecule has 2 saturated heterocycles. The van der Waals surface area contributed by atoms with E-state index in [9.17, 15) is 26.4 Å². The highest BCUT2D eigenvalue weighted by molar-refractivity contribution is 7.89. The van der Waals surface area contributed by atoms with Crippen molar-refractivity contribution < 1.29 is 31.1 Å². The van der Waals surface area contributed by atoms with Crippen LogP contribution in [0.4, 0.5) is 13.2 Å². The average Bonchev–Trinajstić information content (AvgIpc) is 2.76. The minimum atomic E-state index is -4.46. The summed E-state index contributed by atoms with van der Waals surface area (Å²) in [5.41, 5.74) is -0.505. The number of carbonyl (C=O) groups excluding carboxylic acids is 1. The van der Waals surface area contributed by atoms with Crippen LogP contribution in [0.1, 0.15) is 35.2 Å². The summed E-state index contributed by atoms with van der Waals surface area (Å²) in [6.07, 6.45) is -1.42. The molecule has 172 valence electrons. The molecule has 1 amide bonds. The van der Waals surface area contributed by atoms with Gasteiger partial charge in [0.25, 0.3) is 5.91 Å². The summed E-state index contributed by atoms with van der Waals surface area (Å²) >= 11 is 0. The highest BCUT2D eigenvalue weighted by atomic mass is 32.2. The van der Waals surface area contributed by atoms with Crippen LogP contribution in [-0.4, -0.2) is 60.8 Å². The number of sulfonamides is 1. The standard InChI is InChI=1S/C21H22F3N3O4S/c22-21(23,24)16-6-9-19(25-12-16)31-17-13-26(14-17)20(28)15-4-7-18(8-5-15)32(29,30)27-10-2-1-3-11-27/h4-9,12,17H,1-3,10-11,13-14H2. The number of nitrogens with zero attached hydrogens (tertiary/aromatic N) is 3. The first-order chi connectivity index (χ1) is 15.1. The van der Waals surface area contributed by atoms with E-state index in [0.29, 0.717) is 24.8 Å². The first-order valence-corrected chi connectivity index (χ1v) is 11.7. The Morgan fingerprint density at radius 2 is 1.66 bits per heavy atom. The van der Waals surface area contributed by atoms with Crippen molar-refractivity contribution >= 4 is 15.9 Å². The van der Waals surface area contributed by atoms with E-state index in [4.69, 9.17) is 4.74 Å². The molecular formula is C21H22F3N3O4S. The summed E-state index contributed by atoms with van der Waals surface area (Å²) in [5, 5.41) is 0. The number of halogens is 3. The Morgan fingerprint density at radius 1 is 1.00 bits per heavy atom. The van der Waals surface area contributed by atoms with E-state index in [2.05, 4.69) is 4.98 Å². The topological polar surface area (TPSA) is 79.8 Å². The van der Waals surface area contributed by atoms with Crippen LogP contribution in [0.25, 0.3) is 0 Å². The van der Waals surface area contributed by atoms with Crippen molar-refractivity contribution in [3.05, 3.63) is 53.7 Å². The second-order valence-electron chi connectivity index (χ2n) is 7.82. The van der Waals surface area contributed by atoms with Gasteiger partial charge >= 0.3 is 6.18 Å². The van der Waals surface area contributed by atoms with Gasteiger partial charge in [-0.15, -0.1) is 0 Å². The van der Waals surface area contributed by atoms with Gasteiger partial charge in [0.1, 0.15) is 6.10 Å². The first-order valence-electron chi connectivity index (χ1n) is 10.2. The predicted molar refractivity (Wildman–Crippen MR) is 109 cm³/mol. The third kappa shape index (κ3) is 4.73. The number of pyridine rings is 1. The summed E-state index contributed by atoms with van der Waals surface area (Å²) < 4.78 is 70.2. The Bertz CT molecular complexity index is 1060. The molecule has 0 atom stereocenters. The normalized spacial score (nSPS) is 18.3. The zero-order valence-electron chi connectivity index (χ0n) is 17.1. The van der Waals surface area contributed by atoms with Gasteiger partial charge in [-0.25, -0.2) is 13.4 Å². The summed E-state index contributed by atoms with van der Waals surface area (Å²) in [7, 11) is -3.56. The highest BCUT2D eigenvalue weighted by Crippen LogP contribution is 2.29. The molecule has 3 heterocycles. The quantitative estimate of drug-likeness (QED) is 0.672. The molecule has 0 saturated carbocycles. The van der Waals surface area contributed by atoms with E-state index in [1.165, 1.54) is 33.5 Å². The van der Waals surface area contributed by atoms with E-state index in [1.807, 2.05) is 0 Å². The number of piperidine rings is 1. The lowest BCUT2D eigenvalue weighted by molar-refractivity contribution is -0.137. The first kappa shape index (κ1) is 22.5. The van der Waals surface area contributed by atoms with Crippen LogP contribution in [0.15, 0.2) is 47.5 Å². The van der Waals surface area contributed by atoms with E-state index in [0.717, 1.165) is 31.4 Å². The van der Waals surface area contributed by atoms with Crippen molar-refractivity contribution in [1.29, 1.82) is 0 Å². The van der Waals surface area contributed by atoms with Crippen molar-refractivity contribution in [2.45, 2.75) is 36.4 Å². The fourth-order valence-electron chi connectivity index (χ4n) is 3.67.